The monoisotopic (exact) mass is 350 g/mol. The SMILES string of the molecule is Cc1ccc([Se]C=C(c2ccccc2)c2ccccc2)cc1. The van der Waals surface area contributed by atoms with Crippen LogP contribution in [0.2, 0.25) is 0 Å². The summed E-state index contributed by atoms with van der Waals surface area (Å²) in [4.78, 5) is 2.39. The average molecular weight is 349 g/mol. The number of benzene rings is 3. The van der Waals surface area contributed by atoms with Crippen LogP contribution < -0.4 is 4.46 Å². The Morgan fingerprint density at radius 2 is 1.18 bits per heavy atom. The van der Waals surface area contributed by atoms with Crippen LogP contribution in [0.1, 0.15) is 16.7 Å². The van der Waals surface area contributed by atoms with Gasteiger partial charge in [-0.3, -0.25) is 0 Å². The van der Waals surface area contributed by atoms with Gasteiger partial charge in [-0.15, -0.1) is 0 Å². The zero-order valence-corrected chi connectivity index (χ0v) is 14.3. The minimum absolute atomic E-state index is 0.328. The van der Waals surface area contributed by atoms with Crippen molar-refractivity contribution in [1.29, 1.82) is 0 Å². The normalized spacial score (nSPS) is 10.2. The summed E-state index contributed by atoms with van der Waals surface area (Å²) in [5.41, 5.74) is 5.20. The van der Waals surface area contributed by atoms with Crippen molar-refractivity contribution < 1.29 is 0 Å². The Labute approximate surface area is 138 Å². The summed E-state index contributed by atoms with van der Waals surface area (Å²) in [7, 11) is 0. The van der Waals surface area contributed by atoms with Gasteiger partial charge in [0.05, 0.1) is 0 Å². The molecule has 3 rings (SSSR count). The third kappa shape index (κ3) is 3.76. The van der Waals surface area contributed by atoms with Gasteiger partial charge >= 0.3 is 139 Å². The molecule has 1 heteroatoms. The molecule has 3 aromatic carbocycles. The summed E-state index contributed by atoms with van der Waals surface area (Å²) >= 11 is 0.328. The fourth-order valence-corrected chi connectivity index (χ4v) is 4.00. The zero-order valence-electron chi connectivity index (χ0n) is 12.6. The summed E-state index contributed by atoms with van der Waals surface area (Å²) in [5, 5.41) is 0. The molecule has 0 saturated heterocycles. The van der Waals surface area contributed by atoms with E-state index in [4.69, 9.17) is 0 Å². The second-order valence-electron chi connectivity index (χ2n) is 5.19. The van der Waals surface area contributed by atoms with E-state index in [0.29, 0.717) is 15.0 Å². The minimum atomic E-state index is 0.328. The molecule has 108 valence electrons. The molecule has 3 aromatic rings. The first-order valence-corrected chi connectivity index (χ1v) is 9.22. The molecule has 0 aliphatic rings. The van der Waals surface area contributed by atoms with Gasteiger partial charge in [0.15, 0.2) is 0 Å². The van der Waals surface area contributed by atoms with Crippen molar-refractivity contribution >= 4 is 25.0 Å². The maximum atomic E-state index is 2.39. The molecule has 0 heterocycles. The van der Waals surface area contributed by atoms with E-state index in [0.717, 1.165) is 0 Å². The van der Waals surface area contributed by atoms with E-state index in [1.54, 1.807) is 0 Å². The van der Waals surface area contributed by atoms with Crippen molar-refractivity contribution in [2.45, 2.75) is 6.92 Å². The van der Waals surface area contributed by atoms with E-state index in [1.807, 2.05) is 0 Å². The summed E-state index contributed by atoms with van der Waals surface area (Å²) in [6.07, 6.45) is 0. The van der Waals surface area contributed by atoms with Crippen molar-refractivity contribution in [2.24, 2.45) is 0 Å². The summed E-state index contributed by atoms with van der Waals surface area (Å²) in [6.45, 7) is 2.13. The van der Waals surface area contributed by atoms with Crippen LogP contribution >= 0.6 is 0 Å². The van der Waals surface area contributed by atoms with Gasteiger partial charge in [-0.2, -0.15) is 0 Å². The van der Waals surface area contributed by atoms with Gasteiger partial charge in [0.25, 0.3) is 0 Å². The van der Waals surface area contributed by atoms with Crippen molar-refractivity contribution in [2.75, 3.05) is 0 Å². The van der Waals surface area contributed by atoms with E-state index < -0.39 is 0 Å². The van der Waals surface area contributed by atoms with Gasteiger partial charge in [0, 0.05) is 0 Å². The standard InChI is InChI=1S/C21H18Se/c1-17-12-14-20(15-13-17)22-16-21(18-8-4-2-5-9-18)19-10-6-3-7-11-19/h2-16H,1H3. The van der Waals surface area contributed by atoms with Crippen LogP contribution in [0, 0.1) is 6.92 Å². The topological polar surface area (TPSA) is 0 Å². The fraction of sp³-hybridized carbons (Fsp3) is 0.0476. The Bertz CT molecular complexity index is 699. The Morgan fingerprint density at radius 1 is 0.682 bits per heavy atom. The molecule has 0 atom stereocenters. The Balaban J connectivity index is 1.95. The van der Waals surface area contributed by atoms with Crippen molar-refractivity contribution in [3.63, 3.8) is 0 Å². The molecule has 0 aliphatic heterocycles. The summed E-state index contributed by atoms with van der Waals surface area (Å²) in [5.74, 6) is 0. The second-order valence-corrected chi connectivity index (χ2v) is 7.17. The van der Waals surface area contributed by atoms with Crippen LogP contribution in [0.15, 0.2) is 89.9 Å². The van der Waals surface area contributed by atoms with Crippen LogP contribution in [-0.4, -0.2) is 15.0 Å². The first-order chi connectivity index (χ1) is 10.8. The molecule has 22 heavy (non-hydrogen) atoms. The van der Waals surface area contributed by atoms with E-state index in [1.165, 1.54) is 26.7 Å². The number of hydrogen-bond acceptors (Lipinski definition) is 0. The van der Waals surface area contributed by atoms with Gasteiger partial charge < -0.3 is 0 Å². The average Bonchev–Trinajstić information content (AvgIpc) is 2.59. The molecule has 0 bridgehead atoms. The zero-order chi connectivity index (χ0) is 15.2. The molecule has 0 unspecified atom stereocenters. The number of aryl methyl sites for hydroxylation is 1. The van der Waals surface area contributed by atoms with Crippen LogP contribution in [0.25, 0.3) is 5.57 Å². The summed E-state index contributed by atoms with van der Waals surface area (Å²) < 4.78 is 1.41. The molecule has 0 radical (unpaired) electrons. The Kier molecular flexibility index (Phi) is 4.90. The van der Waals surface area contributed by atoms with E-state index in [-0.39, 0.29) is 0 Å². The molecule has 0 spiro atoms. The van der Waals surface area contributed by atoms with Crippen LogP contribution in [-0.2, 0) is 0 Å². The first-order valence-electron chi connectivity index (χ1n) is 7.37. The molecule has 0 fully saturated rings. The van der Waals surface area contributed by atoms with E-state index in [9.17, 15) is 0 Å². The quantitative estimate of drug-likeness (QED) is 0.612. The van der Waals surface area contributed by atoms with Crippen LogP contribution in [0.5, 0.6) is 0 Å². The van der Waals surface area contributed by atoms with Crippen molar-refractivity contribution in [3.05, 3.63) is 107 Å². The van der Waals surface area contributed by atoms with E-state index in [2.05, 4.69) is 96.8 Å². The molecule has 0 aliphatic carbocycles. The molecule has 0 saturated carbocycles. The molecular formula is C21H18Se. The maximum absolute atomic E-state index is 2.39. The summed E-state index contributed by atoms with van der Waals surface area (Å²) in [6, 6.07) is 30.1. The van der Waals surface area contributed by atoms with Gasteiger partial charge in [-0.25, -0.2) is 0 Å². The third-order valence-corrected chi connectivity index (χ3v) is 5.39. The number of rotatable bonds is 4. The van der Waals surface area contributed by atoms with Crippen LogP contribution in [0.3, 0.4) is 0 Å². The van der Waals surface area contributed by atoms with Crippen LogP contribution in [0.4, 0.5) is 0 Å². The molecule has 0 aromatic heterocycles. The van der Waals surface area contributed by atoms with Crippen molar-refractivity contribution in [3.8, 4) is 0 Å². The molecule has 0 amide bonds. The van der Waals surface area contributed by atoms with Gasteiger partial charge in [0.2, 0.25) is 0 Å². The molecule has 0 N–H and O–H groups in total. The predicted molar refractivity (Wildman–Crippen MR) is 96.5 cm³/mol. The number of hydrogen-bond donors (Lipinski definition) is 0. The van der Waals surface area contributed by atoms with E-state index >= 15 is 0 Å². The molecule has 0 nitrogen and oxygen atoms in total. The second kappa shape index (κ2) is 7.26. The van der Waals surface area contributed by atoms with Crippen molar-refractivity contribution in [1.82, 2.24) is 0 Å². The third-order valence-electron chi connectivity index (χ3n) is 3.50. The van der Waals surface area contributed by atoms with Gasteiger partial charge in [0.1, 0.15) is 0 Å². The first kappa shape index (κ1) is 14.8. The fourth-order valence-electron chi connectivity index (χ4n) is 2.28. The van der Waals surface area contributed by atoms with Gasteiger partial charge in [-0.05, 0) is 0 Å². The Morgan fingerprint density at radius 3 is 1.68 bits per heavy atom. The Hall–Kier alpha value is -2.08. The molecular weight excluding hydrogens is 331 g/mol. The van der Waals surface area contributed by atoms with Gasteiger partial charge in [-0.1, -0.05) is 0 Å². The predicted octanol–water partition coefficient (Wildman–Crippen LogP) is 4.41.